The highest BCUT2D eigenvalue weighted by Gasteiger charge is 2.30. The second kappa shape index (κ2) is 11.2. The van der Waals surface area contributed by atoms with Crippen molar-refractivity contribution in [2.75, 3.05) is 25.7 Å². The largest absolute Gasteiger partial charge is 0.474 e. The molecule has 10 heteroatoms. The zero-order valence-electron chi connectivity index (χ0n) is 11.9. The third-order valence-corrected chi connectivity index (χ3v) is 5.19. The van der Waals surface area contributed by atoms with Crippen LogP contribution in [0.5, 0.6) is 0 Å². The van der Waals surface area contributed by atoms with E-state index in [1.807, 2.05) is 13.8 Å². The van der Waals surface area contributed by atoms with Gasteiger partial charge in [0.05, 0.1) is 19.8 Å². The van der Waals surface area contributed by atoms with Gasteiger partial charge in [0.15, 0.2) is 0 Å². The first-order chi connectivity index (χ1) is 9.60. The van der Waals surface area contributed by atoms with Crippen LogP contribution in [-0.4, -0.2) is 35.4 Å². The molecule has 0 spiro atoms. The molecule has 0 amide bonds. The maximum Gasteiger partial charge on any atom is 0.474 e. The Kier molecular flexibility index (Phi) is 12.0. The van der Waals surface area contributed by atoms with Gasteiger partial charge in [-0.2, -0.15) is 0 Å². The summed E-state index contributed by atoms with van der Waals surface area (Å²) in [6.07, 6.45) is 0.596. The van der Waals surface area contributed by atoms with Crippen molar-refractivity contribution < 1.29 is 18.1 Å². The summed E-state index contributed by atoms with van der Waals surface area (Å²) in [5, 5.41) is 0. The summed E-state index contributed by atoms with van der Waals surface area (Å²) in [4.78, 5) is -1.24. The predicted octanol–water partition coefficient (Wildman–Crippen LogP) is 5.80. The van der Waals surface area contributed by atoms with Gasteiger partial charge in [0, 0.05) is 24.1 Å². The minimum absolute atomic E-state index is 0.0431. The number of hydrogen-bond acceptors (Lipinski definition) is 4. The third-order valence-electron chi connectivity index (χ3n) is 2.15. The van der Waals surface area contributed by atoms with Crippen LogP contribution in [0.25, 0.3) is 0 Å². The Balaban J connectivity index is 4.47. The van der Waals surface area contributed by atoms with Gasteiger partial charge in [0.25, 0.3) is 0 Å². The van der Waals surface area contributed by atoms with Crippen LogP contribution in [0.1, 0.15) is 26.7 Å². The first-order valence-corrected chi connectivity index (χ1v) is 10.0. The van der Waals surface area contributed by atoms with Crippen molar-refractivity contribution in [3.05, 3.63) is 0 Å². The predicted molar refractivity (Wildman–Crippen MR) is 90.2 cm³/mol. The van der Waals surface area contributed by atoms with Crippen LogP contribution in [0.2, 0.25) is 0 Å². The molecule has 0 aromatic heterocycles. The summed E-state index contributed by atoms with van der Waals surface area (Å²) >= 11 is 28.1. The Bertz CT molecular complexity index is 310. The normalized spacial score (nSPS) is 13.4. The molecule has 0 radical (unpaired) electrons. The Hall–Kier alpha value is 1.56. The van der Waals surface area contributed by atoms with E-state index in [0.29, 0.717) is 18.7 Å². The molecule has 0 unspecified atom stereocenters. The van der Waals surface area contributed by atoms with Crippen LogP contribution < -0.4 is 0 Å². The molecule has 0 heterocycles. The molecule has 0 aromatic rings. The molecule has 0 rings (SSSR count). The molecule has 0 fully saturated rings. The molecule has 0 bridgehead atoms. The van der Waals surface area contributed by atoms with E-state index in [9.17, 15) is 4.57 Å². The number of alkyl halides is 5. The number of rotatable bonds is 12. The second-order valence-electron chi connectivity index (χ2n) is 5.04. The molecule has 4 nitrogen and oxygen atoms in total. The zero-order valence-corrected chi connectivity index (χ0v) is 16.5. The van der Waals surface area contributed by atoms with Gasteiger partial charge in [-0.1, -0.05) is 13.8 Å². The fraction of sp³-hybridized carbons (Fsp3) is 1.00. The lowest BCUT2D eigenvalue weighted by Gasteiger charge is -2.25. The van der Waals surface area contributed by atoms with Crippen molar-refractivity contribution in [1.82, 2.24) is 0 Å². The number of phosphoric acid groups is 1. The standard InChI is InChI=1S/C11H20Cl5O4P/c1-11(2,7-12)8-20-21(17,18-5-3-9(13)14)19-6-4-10(15)16/h9-10H,3-8H2,1-2H3. The minimum atomic E-state index is -3.73. The highest BCUT2D eigenvalue weighted by Crippen LogP contribution is 2.51. The van der Waals surface area contributed by atoms with Crippen LogP contribution >= 0.6 is 65.8 Å². The molecule has 0 aromatic carbocycles. The Morgan fingerprint density at radius 2 is 1.38 bits per heavy atom. The SMILES string of the molecule is CC(C)(CCl)COP(=O)(OCCC(Cl)Cl)OCCC(Cl)Cl. The van der Waals surface area contributed by atoms with E-state index in [-0.39, 0.29) is 25.2 Å². The first-order valence-electron chi connectivity index (χ1n) is 6.26. The third kappa shape index (κ3) is 12.6. The lowest BCUT2D eigenvalue weighted by molar-refractivity contribution is 0.0861. The van der Waals surface area contributed by atoms with E-state index in [4.69, 9.17) is 71.6 Å². The monoisotopic (exact) mass is 422 g/mol. The molecule has 21 heavy (non-hydrogen) atoms. The van der Waals surface area contributed by atoms with Crippen LogP contribution in [0.15, 0.2) is 0 Å². The van der Waals surface area contributed by atoms with Gasteiger partial charge >= 0.3 is 7.82 Å². The molecular formula is C11H20Cl5O4P. The van der Waals surface area contributed by atoms with Crippen LogP contribution in [-0.2, 0) is 18.1 Å². The number of phosphoric ester groups is 1. The second-order valence-corrected chi connectivity index (χ2v) is 9.53. The first kappa shape index (κ1) is 22.6. The summed E-state index contributed by atoms with van der Waals surface area (Å²) in [5.41, 5.74) is -0.368. The van der Waals surface area contributed by atoms with E-state index in [2.05, 4.69) is 0 Å². The van der Waals surface area contributed by atoms with E-state index in [0.717, 1.165) is 0 Å². The van der Waals surface area contributed by atoms with Crippen LogP contribution in [0.3, 0.4) is 0 Å². The summed E-state index contributed by atoms with van der Waals surface area (Å²) < 4.78 is 28.1. The van der Waals surface area contributed by atoms with Gasteiger partial charge in [-0.25, -0.2) is 4.57 Å². The van der Waals surface area contributed by atoms with Gasteiger partial charge in [0.1, 0.15) is 9.67 Å². The zero-order chi connectivity index (χ0) is 16.5. The van der Waals surface area contributed by atoms with E-state index < -0.39 is 17.5 Å². The molecule has 128 valence electrons. The van der Waals surface area contributed by atoms with Gasteiger partial charge in [-0.05, 0) is 0 Å². The molecule has 0 aliphatic rings. The highest BCUT2D eigenvalue weighted by molar-refractivity contribution is 7.48. The average Bonchev–Trinajstić information content (AvgIpc) is 2.36. The number of halogens is 5. The Labute approximate surface area is 151 Å². The lowest BCUT2D eigenvalue weighted by Crippen LogP contribution is -2.21. The van der Waals surface area contributed by atoms with Gasteiger partial charge in [0.2, 0.25) is 0 Å². The average molecular weight is 425 g/mol. The summed E-state index contributed by atoms with van der Waals surface area (Å²) in [7, 11) is -3.73. The Morgan fingerprint density at radius 3 is 1.71 bits per heavy atom. The molecule has 0 aliphatic heterocycles. The topological polar surface area (TPSA) is 44.8 Å². The smallest absolute Gasteiger partial charge is 0.287 e. The van der Waals surface area contributed by atoms with Crippen molar-refractivity contribution >= 4 is 65.8 Å². The van der Waals surface area contributed by atoms with Gasteiger partial charge in [-0.3, -0.25) is 13.6 Å². The van der Waals surface area contributed by atoms with Crippen molar-refractivity contribution in [2.45, 2.75) is 36.4 Å². The molecular weight excluding hydrogens is 404 g/mol. The highest BCUT2D eigenvalue weighted by atomic mass is 35.5. The minimum Gasteiger partial charge on any atom is -0.287 e. The maximum absolute atomic E-state index is 12.5. The van der Waals surface area contributed by atoms with Crippen molar-refractivity contribution in [3.63, 3.8) is 0 Å². The molecule has 0 N–H and O–H groups in total. The molecule has 0 saturated carbocycles. The van der Waals surface area contributed by atoms with Crippen molar-refractivity contribution in [2.24, 2.45) is 5.41 Å². The van der Waals surface area contributed by atoms with Gasteiger partial charge < -0.3 is 0 Å². The quantitative estimate of drug-likeness (QED) is 0.294. The fourth-order valence-corrected chi connectivity index (χ4v) is 2.73. The van der Waals surface area contributed by atoms with Gasteiger partial charge in [-0.15, -0.1) is 58.0 Å². The van der Waals surface area contributed by atoms with E-state index in [1.165, 1.54) is 0 Å². The number of hydrogen-bond donors (Lipinski definition) is 0. The lowest BCUT2D eigenvalue weighted by atomic mass is 9.99. The summed E-state index contributed by atoms with van der Waals surface area (Å²) in [6.45, 7) is 3.93. The van der Waals surface area contributed by atoms with Crippen molar-refractivity contribution in [3.8, 4) is 0 Å². The van der Waals surface area contributed by atoms with E-state index >= 15 is 0 Å². The summed E-state index contributed by atoms with van der Waals surface area (Å²) in [6, 6.07) is 0. The van der Waals surface area contributed by atoms with E-state index in [1.54, 1.807) is 0 Å². The molecule has 0 atom stereocenters. The molecule has 0 saturated heterocycles. The van der Waals surface area contributed by atoms with Crippen LogP contribution in [0, 0.1) is 5.41 Å². The van der Waals surface area contributed by atoms with Crippen molar-refractivity contribution in [1.29, 1.82) is 0 Å². The summed E-state index contributed by atoms with van der Waals surface area (Å²) in [5.74, 6) is 0.337. The van der Waals surface area contributed by atoms with Crippen LogP contribution in [0.4, 0.5) is 0 Å². The fourth-order valence-electron chi connectivity index (χ4n) is 0.911. The maximum atomic E-state index is 12.5. The Morgan fingerprint density at radius 1 is 0.952 bits per heavy atom. The molecule has 0 aliphatic carbocycles.